The standard InChI is InChI=1S/C15H20N2OS/c1-2-12-5-7-15(11-16,8-6-12)17-14(18)10-13-4-3-9-19-13/h3-4,9,12H,2,5-8,10H2,1H3,(H,17,18). The molecule has 1 amide bonds. The Balaban J connectivity index is 1.92. The van der Waals surface area contributed by atoms with Crippen molar-refractivity contribution in [2.24, 2.45) is 5.92 Å². The maximum atomic E-state index is 12.0. The van der Waals surface area contributed by atoms with Crippen LogP contribution in [0.5, 0.6) is 0 Å². The fraction of sp³-hybridized carbons (Fsp3) is 0.600. The highest BCUT2D eigenvalue weighted by atomic mass is 32.1. The van der Waals surface area contributed by atoms with Crippen LogP contribution >= 0.6 is 11.3 Å². The largest absolute Gasteiger partial charge is 0.338 e. The van der Waals surface area contributed by atoms with Crippen LogP contribution in [0.25, 0.3) is 0 Å². The quantitative estimate of drug-likeness (QED) is 0.917. The average Bonchev–Trinajstić information content (AvgIpc) is 2.92. The highest BCUT2D eigenvalue weighted by molar-refractivity contribution is 7.10. The van der Waals surface area contributed by atoms with Gasteiger partial charge in [0.15, 0.2) is 0 Å². The molecule has 1 aromatic rings. The van der Waals surface area contributed by atoms with E-state index < -0.39 is 5.54 Å². The van der Waals surface area contributed by atoms with Crippen LogP contribution in [0.1, 0.15) is 43.9 Å². The first-order valence-corrected chi connectivity index (χ1v) is 7.80. The average molecular weight is 276 g/mol. The minimum atomic E-state index is -0.625. The number of hydrogen-bond acceptors (Lipinski definition) is 3. The van der Waals surface area contributed by atoms with E-state index in [2.05, 4.69) is 18.3 Å². The van der Waals surface area contributed by atoms with Gasteiger partial charge in [0, 0.05) is 4.88 Å². The van der Waals surface area contributed by atoms with Crippen LogP contribution in [-0.4, -0.2) is 11.4 Å². The second-order valence-electron chi connectivity index (χ2n) is 5.35. The van der Waals surface area contributed by atoms with Crippen LogP contribution < -0.4 is 5.32 Å². The van der Waals surface area contributed by atoms with Crippen LogP contribution in [0.2, 0.25) is 0 Å². The number of carbonyl (C=O) groups is 1. The molecular formula is C15H20N2OS. The van der Waals surface area contributed by atoms with E-state index in [-0.39, 0.29) is 5.91 Å². The molecule has 1 heterocycles. The van der Waals surface area contributed by atoms with Crippen molar-refractivity contribution in [1.29, 1.82) is 5.26 Å². The Morgan fingerprint density at radius 3 is 2.84 bits per heavy atom. The Labute approximate surface area is 118 Å². The van der Waals surface area contributed by atoms with Crippen LogP contribution in [-0.2, 0) is 11.2 Å². The molecule has 0 unspecified atom stereocenters. The van der Waals surface area contributed by atoms with E-state index in [0.29, 0.717) is 6.42 Å². The summed E-state index contributed by atoms with van der Waals surface area (Å²) in [6.07, 6.45) is 5.23. The molecule has 0 aliphatic heterocycles. The number of thiophene rings is 1. The van der Waals surface area contributed by atoms with E-state index in [1.54, 1.807) is 11.3 Å². The SMILES string of the molecule is CCC1CCC(C#N)(NC(=O)Cc2cccs2)CC1. The first-order chi connectivity index (χ1) is 9.17. The van der Waals surface area contributed by atoms with Gasteiger partial charge in [-0.2, -0.15) is 5.26 Å². The number of nitrogens with zero attached hydrogens (tertiary/aromatic N) is 1. The minimum Gasteiger partial charge on any atom is -0.338 e. The lowest BCUT2D eigenvalue weighted by Gasteiger charge is -2.35. The normalized spacial score (nSPS) is 26.6. The van der Waals surface area contributed by atoms with Gasteiger partial charge in [0.1, 0.15) is 5.54 Å². The zero-order valence-corrected chi connectivity index (χ0v) is 12.1. The van der Waals surface area contributed by atoms with E-state index in [1.165, 1.54) is 6.42 Å². The molecule has 102 valence electrons. The van der Waals surface area contributed by atoms with Crippen LogP contribution in [0.4, 0.5) is 0 Å². The zero-order valence-electron chi connectivity index (χ0n) is 11.3. The second-order valence-corrected chi connectivity index (χ2v) is 6.38. The lowest BCUT2D eigenvalue weighted by Crippen LogP contribution is -2.50. The molecule has 2 rings (SSSR count). The Hall–Kier alpha value is -1.34. The Bertz CT molecular complexity index is 453. The van der Waals surface area contributed by atoms with Crippen LogP contribution in [0.15, 0.2) is 17.5 Å². The van der Waals surface area contributed by atoms with E-state index in [4.69, 9.17) is 0 Å². The summed E-state index contributed by atoms with van der Waals surface area (Å²) in [4.78, 5) is 13.1. The molecule has 0 bridgehead atoms. The van der Waals surface area contributed by atoms with Crippen LogP contribution in [0, 0.1) is 17.2 Å². The fourth-order valence-corrected chi connectivity index (χ4v) is 3.43. The van der Waals surface area contributed by atoms with Crippen molar-refractivity contribution < 1.29 is 4.79 Å². The van der Waals surface area contributed by atoms with Gasteiger partial charge >= 0.3 is 0 Å². The van der Waals surface area contributed by atoms with E-state index >= 15 is 0 Å². The maximum absolute atomic E-state index is 12.0. The van der Waals surface area contributed by atoms with Gasteiger partial charge in [0.25, 0.3) is 0 Å². The summed E-state index contributed by atoms with van der Waals surface area (Å²) in [5.74, 6) is 0.689. The molecule has 1 fully saturated rings. The molecule has 1 aliphatic rings. The first-order valence-electron chi connectivity index (χ1n) is 6.92. The molecule has 3 nitrogen and oxygen atoms in total. The van der Waals surface area contributed by atoms with Gasteiger partial charge in [-0.1, -0.05) is 19.4 Å². The van der Waals surface area contributed by atoms with Gasteiger partial charge in [0.05, 0.1) is 12.5 Å². The third-order valence-corrected chi connectivity index (χ3v) is 4.92. The molecule has 0 radical (unpaired) electrons. The Morgan fingerprint density at radius 2 is 2.32 bits per heavy atom. The zero-order chi connectivity index (χ0) is 13.7. The second kappa shape index (κ2) is 6.21. The van der Waals surface area contributed by atoms with Gasteiger partial charge in [-0.25, -0.2) is 0 Å². The molecule has 1 saturated carbocycles. The Kier molecular flexibility index (Phi) is 4.60. The van der Waals surface area contributed by atoms with Crippen LogP contribution in [0.3, 0.4) is 0 Å². The summed E-state index contributed by atoms with van der Waals surface area (Å²) in [6.45, 7) is 2.19. The van der Waals surface area contributed by atoms with Gasteiger partial charge < -0.3 is 5.32 Å². The summed E-state index contributed by atoms with van der Waals surface area (Å²) in [5.41, 5.74) is -0.625. The third kappa shape index (κ3) is 3.57. The van der Waals surface area contributed by atoms with Crippen molar-refractivity contribution >= 4 is 17.2 Å². The highest BCUT2D eigenvalue weighted by Crippen LogP contribution is 2.33. The van der Waals surface area contributed by atoms with E-state index in [1.807, 2.05) is 17.5 Å². The molecule has 0 atom stereocenters. The molecule has 0 saturated heterocycles. The fourth-order valence-electron chi connectivity index (χ4n) is 2.73. The number of nitriles is 1. The summed E-state index contributed by atoms with van der Waals surface area (Å²) in [6, 6.07) is 6.24. The van der Waals surface area contributed by atoms with Crippen molar-refractivity contribution in [1.82, 2.24) is 5.32 Å². The number of amides is 1. The topological polar surface area (TPSA) is 52.9 Å². The van der Waals surface area contributed by atoms with Gasteiger partial charge in [-0.15, -0.1) is 11.3 Å². The van der Waals surface area contributed by atoms with Gasteiger partial charge in [0.2, 0.25) is 5.91 Å². The summed E-state index contributed by atoms with van der Waals surface area (Å²) in [5, 5.41) is 14.4. The number of rotatable bonds is 4. The highest BCUT2D eigenvalue weighted by Gasteiger charge is 2.36. The molecule has 0 spiro atoms. The minimum absolute atomic E-state index is 0.0288. The molecule has 19 heavy (non-hydrogen) atoms. The van der Waals surface area contributed by atoms with Gasteiger partial charge in [-0.3, -0.25) is 4.79 Å². The van der Waals surface area contributed by atoms with E-state index in [0.717, 1.165) is 36.5 Å². The summed E-state index contributed by atoms with van der Waals surface area (Å²) >= 11 is 1.58. The number of hydrogen-bond donors (Lipinski definition) is 1. The molecule has 1 aromatic heterocycles. The number of nitrogens with one attached hydrogen (secondary N) is 1. The first kappa shape index (κ1) is 14.1. The molecule has 4 heteroatoms. The number of carbonyl (C=O) groups excluding carboxylic acids is 1. The Morgan fingerprint density at radius 1 is 1.58 bits per heavy atom. The predicted molar refractivity (Wildman–Crippen MR) is 76.8 cm³/mol. The van der Waals surface area contributed by atoms with Crippen molar-refractivity contribution in [3.8, 4) is 6.07 Å². The maximum Gasteiger partial charge on any atom is 0.226 e. The summed E-state index contributed by atoms with van der Waals surface area (Å²) < 4.78 is 0. The van der Waals surface area contributed by atoms with Crippen molar-refractivity contribution in [3.63, 3.8) is 0 Å². The predicted octanol–water partition coefficient (Wildman–Crippen LogP) is 3.27. The van der Waals surface area contributed by atoms with Crippen molar-refractivity contribution in [3.05, 3.63) is 22.4 Å². The van der Waals surface area contributed by atoms with E-state index in [9.17, 15) is 10.1 Å². The molecule has 0 aromatic carbocycles. The lowest BCUT2D eigenvalue weighted by molar-refractivity contribution is -0.122. The van der Waals surface area contributed by atoms with Gasteiger partial charge in [-0.05, 0) is 43.0 Å². The smallest absolute Gasteiger partial charge is 0.226 e. The molecular weight excluding hydrogens is 256 g/mol. The third-order valence-electron chi connectivity index (χ3n) is 4.04. The lowest BCUT2D eigenvalue weighted by atomic mass is 9.76. The monoisotopic (exact) mass is 276 g/mol. The summed E-state index contributed by atoms with van der Waals surface area (Å²) in [7, 11) is 0. The van der Waals surface area contributed by atoms with Crippen molar-refractivity contribution in [2.45, 2.75) is 51.0 Å². The van der Waals surface area contributed by atoms with Crippen molar-refractivity contribution in [2.75, 3.05) is 0 Å². The molecule has 1 aliphatic carbocycles. The molecule has 1 N–H and O–H groups in total.